The van der Waals surface area contributed by atoms with Gasteiger partial charge in [-0.3, -0.25) is 0 Å². The molecule has 0 aromatic rings. The van der Waals surface area contributed by atoms with E-state index in [1.807, 2.05) is 12.2 Å². The minimum Gasteiger partial charge on any atom is -0.448 e. The standard InChI is InChI=1S/C11H16N2O4/c1-3-16-10(14)12-8-5-6-9(7-8)13(12)11(15)17-4-2/h5-6,8-9H,3-4,7H2,1-2H3. The topological polar surface area (TPSA) is 59.1 Å². The summed E-state index contributed by atoms with van der Waals surface area (Å²) < 4.78 is 9.88. The van der Waals surface area contributed by atoms with E-state index in [2.05, 4.69) is 0 Å². The molecule has 17 heavy (non-hydrogen) atoms. The van der Waals surface area contributed by atoms with Crippen LogP contribution >= 0.6 is 0 Å². The van der Waals surface area contributed by atoms with Crippen molar-refractivity contribution in [1.82, 2.24) is 10.0 Å². The van der Waals surface area contributed by atoms with Crippen LogP contribution in [-0.4, -0.2) is 47.5 Å². The lowest BCUT2D eigenvalue weighted by Gasteiger charge is -2.33. The van der Waals surface area contributed by atoms with E-state index in [1.54, 1.807) is 13.8 Å². The Morgan fingerprint density at radius 1 is 1.06 bits per heavy atom. The molecule has 94 valence electrons. The molecule has 1 aliphatic heterocycles. The van der Waals surface area contributed by atoms with E-state index < -0.39 is 12.2 Å². The number of carbonyl (C=O) groups is 2. The zero-order chi connectivity index (χ0) is 12.4. The highest BCUT2D eigenvalue weighted by molar-refractivity contribution is 5.76. The van der Waals surface area contributed by atoms with E-state index in [-0.39, 0.29) is 25.3 Å². The summed E-state index contributed by atoms with van der Waals surface area (Å²) in [6.45, 7) is 4.04. The highest BCUT2D eigenvalue weighted by atomic mass is 16.6. The number of fused-ring (bicyclic) bond motifs is 2. The molecule has 0 spiro atoms. The number of ether oxygens (including phenoxy) is 2. The second kappa shape index (κ2) is 4.65. The number of hydrogen-bond acceptors (Lipinski definition) is 4. The lowest BCUT2D eigenvalue weighted by molar-refractivity contribution is -0.0130. The lowest BCUT2D eigenvalue weighted by atomic mass is 10.2. The van der Waals surface area contributed by atoms with Crippen molar-refractivity contribution in [3.63, 3.8) is 0 Å². The smallest absolute Gasteiger partial charge is 0.429 e. The van der Waals surface area contributed by atoms with Gasteiger partial charge in [-0.15, -0.1) is 0 Å². The van der Waals surface area contributed by atoms with Gasteiger partial charge in [0.1, 0.15) is 0 Å². The van der Waals surface area contributed by atoms with Crippen molar-refractivity contribution in [2.75, 3.05) is 13.2 Å². The molecule has 0 aromatic carbocycles. The number of carbonyl (C=O) groups excluding carboxylic acids is 2. The molecule has 2 bridgehead atoms. The third-order valence-corrected chi connectivity index (χ3v) is 2.81. The van der Waals surface area contributed by atoms with Gasteiger partial charge in [-0.2, -0.15) is 0 Å². The first kappa shape index (κ1) is 11.8. The van der Waals surface area contributed by atoms with E-state index in [0.717, 1.165) is 6.42 Å². The molecule has 2 atom stereocenters. The van der Waals surface area contributed by atoms with Crippen LogP contribution in [-0.2, 0) is 9.47 Å². The zero-order valence-corrected chi connectivity index (χ0v) is 9.96. The molecule has 6 nitrogen and oxygen atoms in total. The monoisotopic (exact) mass is 240 g/mol. The first-order chi connectivity index (χ1) is 8.19. The number of nitrogens with zero attached hydrogens (tertiary/aromatic N) is 2. The zero-order valence-electron chi connectivity index (χ0n) is 9.96. The van der Waals surface area contributed by atoms with Gasteiger partial charge in [0, 0.05) is 0 Å². The van der Waals surface area contributed by atoms with Gasteiger partial charge in [0.15, 0.2) is 0 Å². The van der Waals surface area contributed by atoms with Gasteiger partial charge < -0.3 is 9.47 Å². The summed E-state index contributed by atoms with van der Waals surface area (Å²) in [7, 11) is 0. The molecule has 0 radical (unpaired) electrons. The van der Waals surface area contributed by atoms with Gasteiger partial charge in [0.25, 0.3) is 0 Å². The molecular weight excluding hydrogens is 224 g/mol. The molecule has 2 aliphatic rings. The number of amides is 2. The van der Waals surface area contributed by atoms with Crippen molar-refractivity contribution in [2.24, 2.45) is 0 Å². The first-order valence-corrected chi connectivity index (χ1v) is 5.79. The summed E-state index contributed by atoms with van der Waals surface area (Å²) in [6, 6.07) is -0.188. The van der Waals surface area contributed by atoms with E-state index in [0.29, 0.717) is 0 Å². The Labute approximate surface area is 99.7 Å². The van der Waals surface area contributed by atoms with E-state index in [4.69, 9.17) is 9.47 Å². The average molecular weight is 240 g/mol. The molecule has 1 aliphatic carbocycles. The number of hydrazine groups is 1. The second-order valence-corrected chi connectivity index (χ2v) is 3.84. The highest BCUT2D eigenvalue weighted by Gasteiger charge is 2.47. The Morgan fingerprint density at radius 3 is 1.82 bits per heavy atom. The van der Waals surface area contributed by atoms with Gasteiger partial charge in [-0.05, 0) is 20.3 Å². The van der Waals surface area contributed by atoms with E-state index in [1.165, 1.54) is 10.0 Å². The number of hydrogen-bond donors (Lipinski definition) is 0. The van der Waals surface area contributed by atoms with Gasteiger partial charge >= 0.3 is 12.2 Å². The fraction of sp³-hybridized carbons (Fsp3) is 0.636. The van der Waals surface area contributed by atoms with E-state index >= 15 is 0 Å². The van der Waals surface area contributed by atoms with Crippen LogP contribution in [0.3, 0.4) is 0 Å². The molecule has 2 amide bonds. The maximum atomic E-state index is 11.8. The third-order valence-electron chi connectivity index (χ3n) is 2.81. The largest absolute Gasteiger partial charge is 0.448 e. The Bertz CT molecular complexity index is 323. The van der Waals surface area contributed by atoms with Crippen LogP contribution in [0.25, 0.3) is 0 Å². The SMILES string of the molecule is CCOC(=O)N1C2C=CC(C2)N1C(=O)OCC. The van der Waals surface area contributed by atoms with Crippen LogP contribution < -0.4 is 0 Å². The molecule has 0 N–H and O–H groups in total. The minimum atomic E-state index is -0.502. The van der Waals surface area contributed by atoms with Gasteiger partial charge in [-0.1, -0.05) is 12.2 Å². The van der Waals surface area contributed by atoms with Crippen molar-refractivity contribution in [3.8, 4) is 0 Å². The lowest BCUT2D eigenvalue weighted by Crippen LogP contribution is -2.52. The molecule has 0 saturated carbocycles. The quantitative estimate of drug-likeness (QED) is 0.687. The van der Waals surface area contributed by atoms with Crippen LogP contribution in [0.2, 0.25) is 0 Å². The summed E-state index contributed by atoms with van der Waals surface area (Å²) in [5, 5.41) is 2.68. The third kappa shape index (κ3) is 1.94. The Balaban J connectivity index is 2.14. The highest BCUT2D eigenvalue weighted by Crippen LogP contribution is 2.33. The van der Waals surface area contributed by atoms with Crippen LogP contribution in [0.1, 0.15) is 20.3 Å². The summed E-state index contributed by atoms with van der Waals surface area (Å²) in [5.41, 5.74) is 0. The summed E-state index contributed by atoms with van der Waals surface area (Å²) >= 11 is 0. The molecule has 6 heteroatoms. The van der Waals surface area contributed by atoms with E-state index in [9.17, 15) is 9.59 Å². The Hall–Kier alpha value is -1.72. The van der Waals surface area contributed by atoms with Gasteiger partial charge in [0.2, 0.25) is 0 Å². The maximum absolute atomic E-state index is 11.8. The van der Waals surface area contributed by atoms with Crippen molar-refractivity contribution in [3.05, 3.63) is 12.2 Å². The van der Waals surface area contributed by atoms with Crippen LogP contribution in [0.4, 0.5) is 9.59 Å². The fourth-order valence-electron chi connectivity index (χ4n) is 2.17. The van der Waals surface area contributed by atoms with Crippen molar-refractivity contribution in [2.45, 2.75) is 32.4 Å². The first-order valence-electron chi connectivity index (χ1n) is 5.79. The predicted molar refractivity (Wildman–Crippen MR) is 59.1 cm³/mol. The molecule has 1 saturated heterocycles. The van der Waals surface area contributed by atoms with Gasteiger partial charge in [0.05, 0.1) is 25.3 Å². The maximum Gasteiger partial charge on any atom is 0.429 e. The molecule has 0 aromatic heterocycles. The summed E-state index contributed by atoms with van der Waals surface area (Å²) in [6.07, 6.45) is 3.54. The van der Waals surface area contributed by atoms with Crippen molar-refractivity contribution in [1.29, 1.82) is 0 Å². The van der Waals surface area contributed by atoms with Crippen LogP contribution in [0, 0.1) is 0 Å². The Morgan fingerprint density at radius 2 is 1.47 bits per heavy atom. The van der Waals surface area contributed by atoms with Crippen molar-refractivity contribution >= 4 is 12.2 Å². The molecular formula is C11H16N2O4. The fourth-order valence-corrected chi connectivity index (χ4v) is 2.17. The normalized spacial score (nSPS) is 25.3. The number of rotatable bonds is 2. The molecule has 1 fully saturated rings. The van der Waals surface area contributed by atoms with Crippen LogP contribution in [0.15, 0.2) is 12.2 Å². The van der Waals surface area contributed by atoms with Gasteiger partial charge in [-0.25, -0.2) is 19.6 Å². The van der Waals surface area contributed by atoms with Crippen LogP contribution in [0.5, 0.6) is 0 Å². The van der Waals surface area contributed by atoms with Crippen molar-refractivity contribution < 1.29 is 19.1 Å². The molecule has 2 unspecified atom stereocenters. The minimum absolute atomic E-state index is 0.0940. The predicted octanol–water partition coefficient (Wildman–Crippen LogP) is 1.53. The average Bonchev–Trinajstić information content (AvgIpc) is 2.89. The molecule has 1 heterocycles. The summed E-state index contributed by atoms with van der Waals surface area (Å²) in [5.74, 6) is 0. The second-order valence-electron chi connectivity index (χ2n) is 3.84. The Kier molecular flexibility index (Phi) is 3.21. The molecule has 2 rings (SSSR count). The summed E-state index contributed by atoms with van der Waals surface area (Å²) in [4.78, 5) is 23.5.